The Morgan fingerprint density at radius 3 is 2.64 bits per heavy atom. The molecule has 0 N–H and O–H groups in total. The van der Waals surface area contributed by atoms with Gasteiger partial charge in [-0.1, -0.05) is 24.8 Å². The molecule has 2 unspecified atom stereocenters. The second-order valence-electron chi connectivity index (χ2n) is 6.55. The van der Waals surface area contributed by atoms with Gasteiger partial charge in [0.25, 0.3) is 0 Å². The van der Waals surface area contributed by atoms with Crippen molar-refractivity contribution in [3.8, 4) is 5.75 Å². The van der Waals surface area contributed by atoms with E-state index in [2.05, 4.69) is 37.8 Å². The van der Waals surface area contributed by atoms with Gasteiger partial charge in [-0.25, -0.2) is 0 Å². The molecule has 0 bridgehead atoms. The first-order valence-electron chi connectivity index (χ1n) is 8.57. The molecule has 2 heterocycles. The van der Waals surface area contributed by atoms with Crippen molar-refractivity contribution in [1.82, 2.24) is 0 Å². The molecule has 130 valence electrons. The molecule has 2 aromatic rings. The molecule has 25 heavy (non-hydrogen) atoms. The Kier molecular flexibility index (Phi) is 4.47. The molecule has 2 saturated heterocycles. The molecule has 4 heteroatoms. The van der Waals surface area contributed by atoms with Gasteiger partial charge < -0.3 is 18.9 Å². The van der Waals surface area contributed by atoms with Crippen molar-refractivity contribution >= 4 is 16.8 Å². The monoisotopic (exact) mass is 338 g/mol. The number of rotatable bonds is 8. The summed E-state index contributed by atoms with van der Waals surface area (Å²) < 4.78 is 21.6. The fourth-order valence-corrected chi connectivity index (χ4v) is 2.63. The number of fused-ring (bicyclic) bond motifs is 1. The van der Waals surface area contributed by atoms with E-state index >= 15 is 0 Å². The first-order chi connectivity index (χ1) is 12.2. The topological polar surface area (TPSA) is 43.5 Å². The highest BCUT2D eigenvalue weighted by Crippen LogP contribution is 2.26. The Labute approximate surface area is 147 Å². The largest absolute Gasteiger partial charge is 0.491 e. The Morgan fingerprint density at radius 2 is 1.88 bits per heavy atom. The summed E-state index contributed by atoms with van der Waals surface area (Å²) in [5.41, 5.74) is 2.35. The second-order valence-corrected chi connectivity index (χ2v) is 6.55. The Bertz CT molecular complexity index is 816. The van der Waals surface area contributed by atoms with Crippen LogP contribution in [0.4, 0.5) is 0 Å². The van der Waals surface area contributed by atoms with E-state index in [4.69, 9.17) is 18.9 Å². The minimum Gasteiger partial charge on any atom is -0.491 e. The molecule has 0 spiro atoms. The van der Waals surface area contributed by atoms with Crippen LogP contribution < -0.4 is 4.74 Å². The van der Waals surface area contributed by atoms with Gasteiger partial charge in [0.2, 0.25) is 0 Å². The van der Waals surface area contributed by atoms with Gasteiger partial charge in [0.05, 0.1) is 13.2 Å². The lowest BCUT2D eigenvalue weighted by atomic mass is 10.0. The van der Waals surface area contributed by atoms with E-state index in [1.54, 1.807) is 0 Å². The van der Waals surface area contributed by atoms with Gasteiger partial charge in [-0.2, -0.15) is 0 Å². The van der Waals surface area contributed by atoms with Crippen molar-refractivity contribution in [2.75, 3.05) is 26.4 Å². The highest BCUT2D eigenvalue weighted by atomic mass is 16.6. The lowest BCUT2D eigenvalue weighted by molar-refractivity contribution is 0.194. The lowest BCUT2D eigenvalue weighted by Gasteiger charge is -2.09. The molecule has 2 fully saturated rings. The van der Waals surface area contributed by atoms with Crippen molar-refractivity contribution in [3.05, 3.63) is 59.9 Å². The Hall–Kier alpha value is -2.30. The van der Waals surface area contributed by atoms with E-state index in [9.17, 15) is 0 Å². The SMILES string of the molecule is C=C(/C=C\c1cc2cc(OCC3CO3)ccc2cc1C)OCC1CO1. The van der Waals surface area contributed by atoms with Crippen LogP contribution in [-0.2, 0) is 14.2 Å². The van der Waals surface area contributed by atoms with Crippen molar-refractivity contribution in [2.24, 2.45) is 0 Å². The smallest absolute Gasteiger partial charge is 0.120 e. The van der Waals surface area contributed by atoms with Gasteiger partial charge in [-0.15, -0.1) is 0 Å². The van der Waals surface area contributed by atoms with Crippen LogP contribution in [0.25, 0.3) is 16.8 Å². The summed E-state index contributed by atoms with van der Waals surface area (Å²) in [6, 6.07) is 10.5. The molecule has 0 radical (unpaired) electrons. The van der Waals surface area contributed by atoms with E-state index in [0.717, 1.165) is 29.9 Å². The van der Waals surface area contributed by atoms with E-state index in [0.29, 0.717) is 19.0 Å². The summed E-state index contributed by atoms with van der Waals surface area (Å²) in [6.45, 7) is 8.82. The number of aryl methyl sites for hydroxylation is 1. The number of benzene rings is 2. The number of ether oxygens (including phenoxy) is 4. The molecule has 4 nitrogen and oxygen atoms in total. The van der Waals surface area contributed by atoms with Crippen LogP contribution >= 0.6 is 0 Å². The number of hydrogen-bond donors (Lipinski definition) is 0. The summed E-state index contributed by atoms with van der Waals surface area (Å²) >= 11 is 0. The first-order valence-corrected chi connectivity index (χ1v) is 8.57. The maximum atomic E-state index is 5.78. The molecule has 0 saturated carbocycles. The fraction of sp³-hybridized carbons (Fsp3) is 0.333. The van der Waals surface area contributed by atoms with Gasteiger partial charge in [0.15, 0.2) is 0 Å². The maximum Gasteiger partial charge on any atom is 0.120 e. The predicted molar refractivity (Wildman–Crippen MR) is 97.8 cm³/mol. The Morgan fingerprint density at radius 1 is 1.12 bits per heavy atom. The molecule has 4 rings (SSSR count). The number of allylic oxidation sites excluding steroid dienone is 1. The van der Waals surface area contributed by atoms with Gasteiger partial charge in [-0.3, -0.25) is 0 Å². The third-order valence-electron chi connectivity index (χ3n) is 4.34. The summed E-state index contributed by atoms with van der Waals surface area (Å²) in [5, 5.41) is 2.35. The zero-order valence-corrected chi connectivity index (χ0v) is 14.4. The fourth-order valence-electron chi connectivity index (χ4n) is 2.63. The first kappa shape index (κ1) is 16.2. The van der Waals surface area contributed by atoms with Crippen LogP contribution in [0.2, 0.25) is 0 Å². The second kappa shape index (κ2) is 6.90. The molecule has 2 aliphatic rings. The summed E-state index contributed by atoms with van der Waals surface area (Å²) in [5.74, 6) is 1.52. The van der Waals surface area contributed by atoms with Crippen molar-refractivity contribution in [1.29, 1.82) is 0 Å². The van der Waals surface area contributed by atoms with E-state index < -0.39 is 0 Å². The minimum absolute atomic E-state index is 0.243. The van der Waals surface area contributed by atoms with Gasteiger partial charge in [0.1, 0.15) is 36.9 Å². The van der Waals surface area contributed by atoms with Crippen LogP contribution in [0.15, 0.2) is 48.7 Å². The van der Waals surface area contributed by atoms with Crippen LogP contribution in [0, 0.1) is 6.92 Å². The lowest BCUT2D eigenvalue weighted by Crippen LogP contribution is -2.03. The van der Waals surface area contributed by atoms with Crippen LogP contribution in [-0.4, -0.2) is 38.6 Å². The van der Waals surface area contributed by atoms with Crippen molar-refractivity contribution in [2.45, 2.75) is 19.1 Å². The molecule has 0 aliphatic carbocycles. The van der Waals surface area contributed by atoms with Crippen molar-refractivity contribution in [3.63, 3.8) is 0 Å². The third kappa shape index (κ3) is 4.41. The highest BCUT2D eigenvalue weighted by molar-refractivity contribution is 5.87. The molecule has 0 amide bonds. The predicted octanol–water partition coefficient (Wildman–Crippen LogP) is 3.87. The number of epoxide rings is 2. The quantitative estimate of drug-likeness (QED) is 0.416. The zero-order chi connectivity index (χ0) is 17.2. The molecule has 2 aliphatic heterocycles. The van der Waals surface area contributed by atoms with Crippen LogP contribution in [0.5, 0.6) is 5.75 Å². The molecule has 0 aromatic heterocycles. The highest BCUT2D eigenvalue weighted by Gasteiger charge is 2.23. The third-order valence-corrected chi connectivity index (χ3v) is 4.34. The normalized spacial score (nSPS) is 21.5. The Balaban J connectivity index is 1.48. The summed E-state index contributed by atoms with van der Waals surface area (Å²) in [7, 11) is 0. The molecule has 2 aromatic carbocycles. The maximum absolute atomic E-state index is 5.78. The molecule has 2 atom stereocenters. The number of hydrogen-bond acceptors (Lipinski definition) is 4. The zero-order valence-electron chi connectivity index (χ0n) is 14.4. The van der Waals surface area contributed by atoms with Crippen LogP contribution in [0.1, 0.15) is 11.1 Å². The van der Waals surface area contributed by atoms with E-state index in [-0.39, 0.29) is 12.2 Å². The van der Waals surface area contributed by atoms with Gasteiger partial charge in [0, 0.05) is 0 Å². The molecular weight excluding hydrogens is 316 g/mol. The minimum atomic E-state index is 0.243. The van der Waals surface area contributed by atoms with Gasteiger partial charge in [-0.05, 0) is 53.1 Å². The van der Waals surface area contributed by atoms with Crippen LogP contribution in [0.3, 0.4) is 0 Å². The van der Waals surface area contributed by atoms with Crippen molar-refractivity contribution < 1.29 is 18.9 Å². The van der Waals surface area contributed by atoms with E-state index in [1.807, 2.05) is 18.2 Å². The average Bonchev–Trinajstić information content (AvgIpc) is 3.50. The average molecular weight is 338 g/mol. The standard InChI is InChI=1S/C21H22O4/c1-14-7-17-5-6-19(23-11-21-13-25-21)9-18(17)8-16(14)4-3-15(2)22-10-20-12-24-20/h3-9,20-21H,2,10-13H2,1H3/b4-3-. The van der Waals surface area contributed by atoms with Gasteiger partial charge >= 0.3 is 0 Å². The molecular formula is C21H22O4. The van der Waals surface area contributed by atoms with E-state index in [1.165, 1.54) is 10.9 Å². The summed E-state index contributed by atoms with van der Waals surface area (Å²) in [4.78, 5) is 0. The summed E-state index contributed by atoms with van der Waals surface area (Å²) in [6.07, 6.45) is 4.45.